The predicted octanol–water partition coefficient (Wildman–Crippen LogP) is 1.36. The van der Waals surface area contributed by atoms with Gasteiger partial charge in [0.2, 0.25) is 0 Å². The third kappa shape index (κ3) is 2.36. The van der Waals surface area contributed by atoms with Crippen LogP contribution in [-0.4, -0.2) is 11.2 Å². The van der Waals surface area contributed by atoms with Crippen LogP contribution in [0.2, 0.25) is 0 Å². The average molecular weight is 185 g/mol. The van der Waals surface area contributed by atoms with Gasteiger partial charge in [-0.05, 0) is 23.7 Å². The third-order valence-corrected chi connectivity index (χ3v) is 1.27. The van der Waals surface area contributed by atoms with Crippen LogP contribution in [0.25, 0.3) is 0 Å². The van der Waals surface area contributed by atoms with Crippen molar-refractivity contribution in [2.75, 3.05) is 0 Å². The molecule has 0 aliphatic heterocycles. The predicted molar refractivity (Wildman–Crippen MR) is 42.9 cm³/mol. The molecule has 0 atom stereocenters. The number of hydrogen-bond acceptors (Lipinski definition) is 3. The molecule has 0 aliphatic carbocycles. The molecule has 0 spiro atoms. The van der Waals surface area contributed by atoms with Gasteiger partial charge in [0.1, 0.15) is 5.75 Å². The van der Waals surface area contributed by atoms with Crippen molar-refractivity contribution in [2.24, 2.45) is 0 Å². The first-order chi connectivity index (χ1) is 5.70. The molecule has 0 N–H and O–H groups in total. The van der Waals surface area contributed by atoms with Crippen LogP contribution in [0, 0.1) is 0 Å². The molecule has 0 amide bonds. The Morgan fingerprint density at radius 3 is 2.25 bits per heavy atom. The van der Waals surface area contributed by atoms with Crippen molar-refractivity contribution in [3.63, 3.8) is 0 Å². The molecule has 0 aliphatic rings. The van der Waals surface area contributed by atoms with E-state index in [-0.39, 0.29) is 0 Å². The van der Waals surface area contributed by atoms with Crippen molar-refractivity contribution in [2.45, 2.75) is 0 Å². The lowest BCUT2D eigenvalue weighted by Gasteiger charge is -1.98. The van der Waals surface area contributed by atoms with E-state index in [4.69, 9.17) is 11.6 Å². The molecule has 4 heteroatoms. The average Bonchev–Trinajstić information content (AvgIpc) is 2.06. The molecule has 1 aromatic carbocycles. The normalized spacial score (nSPS) is 9.08. The first-order valence-corrected chi connectivity index (χ1v) is 3.54. The van der Waals surface area contributed by atoms with Gasteiger partial charge in [-0.15, -0.1) is 0 Å². The lowest BCUT2D eigenvalue weighted by atomic mass is 10.3. The van der Waals surface area contributed by atoms with Gasteiger partial charge in [0.15, 0.2) is 0 Å². The molecule has 0 unspecified atom stereocenters. The molecule has 0 aromatic heterocycles. The minimum Gasteiger partial charge on any atom is -0.420 e. The minimum atomic E-state index is -1.13. The van der Waals surface area contributed by atoms with E-state index >= 15 is 0 Å². The van der Waals surface area contributed by atoms with Crippen LogP contribution < -0.4 is 4.74 Å². The lowest BCUT2D eigenvalue weighted by molar-refractivity contribution is -0.143. The van der Waals surface area contributed by atoms with Crippen LogP contribution in [0.3, 0.4) is 0 Å². The van der Waals surface area contributed by atoms with E-state index in [2.05, 4.69) is 4.74 Å². The summed E-state index contributed by atoms with van der Waals surface area (Å²) in [5, 5.41) is -1.13. The number of halogens is 1. The number of benzene rings is 1. The summed E-state index contributed by atoms with van der Waals surface area (Å²) in [4.78, 5) is 20.8. The Morgan fingerprint density at radius 1 is 1.17 bits per heavy atom. The maximum atomic E-state index is 10.6. The Balaban J connectivity index is 2.65. The summed E-state index contributed by atoms with van der Waals surface area (Å²) in [6.07, 6.45) is 0. The fourth-order valence-electron chi connectivity index (χ4n) is 0.636. The van der Waals surface area contributed by atoms with Crippen molar-refractivity contribution in [3.8, 4) is 5.75 Å². The van der Waals surface area contributed by atoms with Crippen LogP contribution in [0.5, 0.6) is 5.75 Å². The van der Waals surface area contributed by atoms with Gasteiger partial charge in [0.05, 0.1) is 0 Å². The largest absolute Gasteiger partial charge is 0.420 e. The quantitative estimate of drug-likeness (QED) is 0.302. The molecule has 12 heavy (non-hydrogen) atoms. The smallest absolute Gasteiger partial charge is 0.396 e. The van der Waals surface area contributed by atoms with E-state index in [0.717, 1.165) is 0 Å². The van der Waals surface area contributed by atoms with Gasteiger partial charge >= 0.3 is 11.2 Å². The monoisotopic (exact) mass is 184 g/mol. The molecule has 1 aromatic rings. The fourth-order valence-corrected chi connectivity index (χ4v) is 0.674. The Bertz CT molecular complexity index is 294. The highest BCUT2D eigenvalue weighted by Crippen LogP contribution is 2.08. The zero-order chi connectivity index (χ0) is 8.97. The summed E-state index contributed by atoms with van der Waals surface area (Å²) in [6.45, 7) is 0. The van der Waals surface area contributed by atoms with Crippen molar-refractivity contribution >= 4 is 22.8 Å². The van der Waals surface area contributed by atoms with Crippen LogP contribution in [0.4, 0.5) is 0 Å². The number of carbonyl (C=O) groups is 2. The molecule has 0 radical (unpaired) electrons. The van der Waals surface area contributed by atoms with E-state index in [9.17, 15) is 9.59 Å². The summed E-state index contributed by atoms with van der Waals surface area (Å²) >= 11 is 4.86. The molecule has 0 saturated heterocycles. The number of rotatable bonds is 2. The van der Waals surface area contributed by atoms with Crippen LogP contribution in [0.15, 0.2) is 30.3 Å². The second-order valence-electron chi connectivity index (χ2n) is 1.98. The standard InChI is InChI=1S/C8H5ClO3/c9-7(10)8(11)12-6-4-2-1-3-5-6/h1-5H. The zero-order valence-electron chi connectivity index (χ0n) is 5.99. The topological polar surface area (TPSA) is 43.4 Å². The van der Waals surface area contributed by atoms with Gasteiger partial charge in [-0.1, -0.05) is 18.2 Å². The van der Waals surface area contributed by atoms with Crippen LogP contribution in [-0.2, 0) is 9.59 Å². The Labute approximate surface area is 73.9 Å². The Hall–Kier alpha value is -1.35. The third-order valence-electron chi connectivity index (χ3n) is 1.11. The highest BCUT2D eigenvalue weighted by atomic mass is 35.5. The highest BCUT2D eigenvalue weighted by Gasteiger charge is 2.11. The molecule has 3 nitrogen and oxygen atoms in total. The van der Waals surface area contributed by atoms with Crippen molar-refractivity contribution in [1.82, 2.24) is 0 Å². The summed E-state index contributed by atoms with van der Waals surface area (Å²) in [7, 11) is 0. The second kappa shape index (κ2) is 3.88. The van der Waals surface area contributed by atoms with Gasteiger partial charge < -0.3 is 4.74 Å². The molecule has 0 fully saturated rings. The molecular weight excluding hydrogens is 180 g/mol. The van der Waals surface area contributed by atoms with E-state index in [1.165, 1.54) is 0 Å². The van der Waals surface area contributed by atoms with Crippen molar-refractivity contribution in [1.29, 1.82) is 0 Å². The lowest BCUT2D eigenvalue weighted by Crippen LogP contribution is -2.14. The van der Waals surface area contributed by atoms with Gasteiger partial charge in [-0.2, -0.15) is 0 Å². The first kappa shape index (κ1) is 8.74. The maximum absolute atomic E-state index is 10.6. The molecular formula is C8H5ClO3. The van der Waals surface area contributed by atoms with Gasteiger partial charge in [-0.25, -0.2) is 4.79 Å². The van der Waals surface area contributed by atoms with Crippen LogP contribution in [0.1, 0.15) is 0 Å². The molecule has 0 heterocycles. The summed E-state index contributed by atoms with van der Waals surface area (Å²) < 4.78 is 4.56. The van der Waals surface area contributed by atoms with E-state index in [1.54, 1.807) is 30.3 Å². The number of ether oxygens (including phenoxy) is 1. The Kier molecular flexibility index (Phi) is 2.82. The van der Waals surface area contributed by atoms with E-state index in [0.29, 0.717) is 5.75 Å². The fraction of sp³-hybridized carbons (Fsp3) is 0. The molecule has 0 bridgehead atoms. The number of hydrogen-bond donors (Lipinski definition) is 0. The Morgan fingerprint density at radius 2 is 1.75 bits per heavy atom. The molecule has 1 rings (SSSR count). The SMILES string of the molecule is O=C(Cl)C(=O)Oc1ccccc1. The zero-order valence-corrected chi connectivity index (χ0v) is 6.75. The van der Waals surface area contributed by atoms with Gasteiger partial charge in [0, 0.05) is 0 Å². The van der Waals surface area contributed by atoms with Crippen LogP contribution >= 0.6 is 11.6 Å². The molecule has 62 valence electrons. The van der Waals surface area contributed by atoms with E-state index in [1.807, 2.05) is 0 Å². The first-order valence-electron chi connectivity index (χ1n) is 3.17. The molecule has 0 saturated carbocycles. The van der Waals surface area contributed by atoms with Gasteiger partial charge in [0.25, 0.3) is 0 Å². The minimum absolute atomic E-state index is 0.302. The van der Waals surface area contributed by atoms with Gasteiger partial charge in [-0.3, -0.25) is 4.79 Å². The number of para-hydroxylation sites is 1. The second-order valence-corrected chi connectivity index (χ2v) is 2.32. The van der Waals surface area contributed by atoms with Crippen molar-refractivity contribution in [3.05, 3.63) is 30.3 Å². The summed E-state index contributed by atoms with van der Waals surface area (Å²) in [6, 6.07) is 8.23. The number of carbonyl (C=O) groups excluding carboxylic acids is 2. The maximum Gasteiger partial charge on any atom is 0.396 e. The summed E-state index contributed by atoms with van der Waals surface area (Å²) in [5.74, 6) is -0.764. The highest BCUT2D eigenvalue weighted by molar-refractivity contribution is 6.80. The van der Waals surface area contributed by atoms with Crippen molar-refractivity contribution < 1.29 is 14.3 Å². The summed E-state index contributed by atoms with van der Waals surface area (Å²) in [5.41, 5.74) is 0. The van der Waals surface area contributed by atoms with E-state index < -0.39 is 11.2 Å². The number of esters is 1.